The van der Waals surface area contributed by atoms with Crippen molar-refractivity contribution in [2.24, 2.45) is 0 Å². The quantitative estimate of drug-likeness (QED) is 0.565. The molecule has 0 amide bonds. The van der Waals surface area contributed by atoms with Gasteiger partial charge in [0.15, 0.2) is 0 Å². The van der Waals surface area contributed by atoms with Crippen LogP contribution in [0.5, 0.6) is 0 Å². The number of aromatic nitrogens is 4. The third-order valence-corrected chi connectivity index (χ3v) is 4.16. The Bertz CT molecular complexity index is 1010. The number of nitrogens with one attached hydrogen (secondary N) is 1. The number of para-hydroxylation sites is 1. The Morgan fingerprint density at radius 1 is 1.17 bits per heavy atom. The first-order valence-electron chi connectivity index (χ1n) is 6.88. The summed E-state index contributed by atoms with van der Waals surface area (Å²) in [6.45, 7) is 0. The van der Waals surface area contributed by atoms with Gasteiger partial charge in [0.1, 0.15) is 5.69 Å². The van der Waals surface area contributed by atoms with E-state index in [1.807, 2.05) is 35.7 Å². The van der Waals surface area contributed by atoms with Gasteiger partial charge >= 0.3 is 0 Å². The minimum Gasteiger partial charge on any atom is -0.397 e. The molecule has 0 fully saturated rings. The molecule has 3 aromatic heterocycles. The summed E-state index contributed by atoms with van der Waals surface area (Å²) in [5.74, 6) is -0.231. The van der Waals surface area contributed by atoms with E-state index in [0.717, 1.165) is 10.9 Å². The zero-order valence-corrected chi connectivity index (χ0v) is 12.7. The van der Waals surface area contributed by atoms with E-state index in [4.69, 9.17) is 5.73 Å². The van der Waals surface area contributed by atoms with Crippen LogP contribution in [-0.2, 0) is 0 Å². The molecule has 0 spiro atoms. The predicted molar refractivity (Wildman–Crippen MR) is 89.3 cm³/mol. The zero-order chi connectivity index (χ0) is 15.8. The van der Waals surface area contributed by atoms with Gasteiger partial charge in [0.05, 0.1) is 28.7 Å². The summed E-state index contributed by atoms with van der Waals surface area (Å²) < 4.78 is 4.29. The molecule has 6 nitrogen and oxygen atoms in total. The first kappa shape index (κ1) is 13.6. The number of aromatic amines is 1. The third-order valence-electron chi connectivity index (χ3n) is 3.60. The van der Waals surface area contributed by atoms with Crippen LogP contribution in [0, 0.1) is 0 Å². The Labute approximate surface area is 135 Å². The standard InChI is InChI=1S/C16H11N5OS/c17-11-8-18-7-10(14(11)13-5-6-23-21-13)16(22)15-9-3-1-2-4-12(9)19-20-15/h1-8H,17H2,(H,19,20). The molecule has 0 saturated carbocycles. The van der Waals surface area contributed by atoms with Crippen molar-refractivity contribution in [3.05, 3.63) is 59.4 Å². The number of carbonyl (C=O) groups is 1. The van der Waals surface area contributed by atoms with Crippen LogP contribution in [-0.4, -0.2) is 25.3 Å². The minimum atomic E-state index is -0.231. The number of H-pyrrole nitrogens is 1. The van der Waals surface area contributed by atoms with Crippen molar-refractivity contribution in [3.63, 3.8) is 0 Å². The molecule has 3 N–H and O–H groups in total. The van der Waals surface area contributed by atoms with Gasteiger partial charge in [0.25, 0.3) is 0 Å². The largest absolute Gasteiger partial charge is 0.397 e. The zero-order valence-electron chi connectivity index (χ0n) is 11.9. The number of benzene rings is 1. The first-order chi connectivity index (χ1) is 11.3. The average molecular weight is 321 g/mol. The molecular weight excluding hydrogens is 310 g/mol. The second kappa shape index (κ2) is 5.29. The molecule has 0 radical (unpaired) electrons. The van der Waals surface area contributed by atoms with Gasteiger partial charge in [-0.3, -0.25) is 14.9 Å². The van der Waals surface area contributed by atoms with Gasteiger partial charge in [-0.2, -0.15) is 9.47 Å². The van der Waals surface area contributed by atoms with Gasteiger partial charge in [-0.1, -0.05) is 18.2 Å². The fourth-order valence-corrected chi connectivity index (χ4v) is 3.06. The van der Waals surface area contributed by atoms with Gasteiger partial charge < -0.3 is 5.73 Å². The van der Waals surface area contributed by atoms with Gasteiger partial charge in [-0.25, -0.2) is 0 Å². The topological polar surface area (TPSA) is 97.5 Å². The second-order valence-electron chi connectivity index (χ2n) is 4.98. The number of fused-ring (bicyclic) bond motifs is 1. The summed E-state index contributed by atoms with van der Waals surface area (Å²) in [4.78, 5) is 17.0. The van der Waals surface area contributed by atoms with Gasteiger partial charge in [0, 0.05) is 22.5 Å². The molecule has 4 rings (SSSR count). The molecule has 0 atom stereocenters. The summed E-state index contributed by atoms with van der Waals surface area (Å²) in [7, 11) is 0. The summed E-state index contributed by atoms with van der Waals surface area (Å²) in [6, 6.07) is 9.31. The Kier molecular flexibility index (Phi) is 3.13. The van der Waals surface area contributed by atoms with Crippen molar-refractivity contribution in [2.75, 3.05) is 5.73 Å². The molecule has 112 valence electrons. The lowest BCUT2D eigenvalue weighted by Gasteiger charge is -2.08. The lowest BCUT2D eigenvalue weighted by molar-refractivity contribution is 0.103. The Morgan fingerprint density at radius 3 is 2.87 bits per heavy atom. The van der Waals surface area contributed by atoms with Crippen molar-refractivity contribution in [1.82, 2.24) is 19.6 Å². The van der Waals surface area contributed by atoms with Crippen LogP contribution < -0.4 is 5.73 Å². The van der Waals surface area contributed by atoms with Crippen LogP contribution >= 0.6 is 11.5 Å². The fraction of sp³-hybridized carbons (Fsp3) is 0. The number of ketones is 1. The molecule has 0 aliphatic carbocycles. The maximum Gasteiger partial charge on any atom is 0.216 e. The highest BCUT2D eigenvalue weighted by molar-refractivity contribution is 7.03. The maximum absolute atomic E-state index is 13.0. The number of pyridine rings is 1. The molecule has 7 heteroatoms. The van der Waals surface area contributed by atoms with E-state index in [2.05, 4.69) is 19.6 Å². The summed E-state index contributed by atoms with van der Waals surface area (Å²) in [6.07, 6.45) is 3.03. The lowest BCUT2D eigenvalue weighted by atomic mass is 9.99. The number of anilines is 1. The van der Waals surface area contributed by atoms with Crippen LogP contribution in [0.15, 0.2) is 48.1 Å². The van der Waals surface area contributed by atoms with Crippen LogP contribution in [0.2, 0.25) is 0 Å². The van der Waals surface area contributed by atoms with E-state index in [-0.39, 0.29) is 5.78 Å². The predicted octanol–water partition coefficient (Wildman–Crippen LogP) is 2.89. The number of hydrogen-bond acceptors (Lipinski definition) is 6. The van der Waals surface area contributed by atoms with E-state index in [9.17, 15) is 4.79 Å². The number of hydrogen-bond donors (Lipinski definition) is 2. The van der Waals surface area contributed by atoms with Crippen molar-refractivity contribution < 1.29 is 4.79 Å². The number of rotatable bonds is 3. The fourth-order valence-electron chi connectivity index (χ4n) is 2.54. The minimum absolute atomic E-state index is 0.231. The van der Waals surface area contributed by atoms with Crippen LogP contribution in [0.25, 0.3) is 22.2 Å². The summed E-state index contributed by atoms with van der Waals surface area (Å²) in [5.41, 5.74) is 9.27. The smallest absolute Gasteiger partial charge is 0.216 e. The van der Waals surface area contributed by atoms with E-state index in [1.165, 1.54) is 23.9 Å². The lowest BCUT2D eigenvalue weighted by Crippen LogP contribution is -2.07. The second-order valence-corrected chi connectivity index (χ2v) is 5.65. The average Bonchev–Trinajstić information content (AvgIpc) is 3.23. The number of nitrogen functional groups attached to an aromatic ring is 1. The molecule has 23 heavy (non-hydrogen) atoms. The van der Waals surface area contributed by atoms with Crippen LogP contribution in [0.1, 0.15) is 16.1 Å². The van der Waals surface area contributed by atoms with Crippen LogP contribution in [0.3, 0.4) is 0 Å². The number of carbonyl (C=O) groups excluding carboxylic acids is 1. The normalized spacial score (nSPS) is 11.0. The number of nitrogens with two attached hydrogens (primary N) is 1. The molecule has 0 saturated heterocycles. The monoisotopic (exact) mass is 321 g/mol. The first-order valence-corrected chi connectivity index (χ1v) is 7.71. The molecule has 4 aromatic rings. The van der Waals surface area contributed by atoms with E-state index >= 15 is 0 Å². The molecule has 3 heterocycles. The highest BCUT2D eigenvalue weighted by Crippen LogP contribution is 2.30. The third kappa shape index (κ3) is 2.18. The van der Waals surface area contributed by atoms with E-state index in [0.29, 0.717) is 28.2 Å². The van der Waals surface area contributed by atoms with Gasteiger partial charge in [-0.15, -0.1) is 0 Å². The van der Waals surface area contributed by atoms with Gasteiger partial charge in [-0.05, 0) is 23.7 Å². The Morgan fingerprint density at radius 2 is 2.04 bits per heavy atom. The number of nitrogens with zero attached hydrogens (tertiary/aromatic N) is 3. The molecule has 0 aliphatic heterocycles. The summed E-state index contributed by atoms with van der Waals surface area (Å²) >= 11 is 1.30. The van der Waals surface area contributed by atoms with E-state index < -0.39 is 0 Å². The Hall–Kier alpha value is -3.06. The van der Waals surface area contributed by atoms with Crippen molar-refractivity contribution in [3.8, 4) is 11.3 Å². The van der Waals surface area contributed by atoms with Crippen molar-refractivity contribution in [1.29, 1.82) is 0 Å². The van der Waals surface area contributed by atoms with Gasteiger partial charge in [0.2, 0.25) is 5.78 Å². The molecule has 0 unspecified atom stereocenters. The SMILES string of the molecule is Nc1cncc(C(=O)c2n[nH]c3ccccc23)c1-c1ccsn1. The van der Waals surface area contributed by atoms with Crippen LogP contribution in [0.4, 0.5) is 5.69 Å². The van der Waals surface area contributed by atoms with Crippen molar-refractivity contribution in [2.45, 2.75) is 0 Å². The highest BCUT2D eigenvalue weighted by atomic mass is 32.1. The highest BCUT2D eigenvalue weighted by Gasteiger charge is 2.22. The maximum atomic E-state index is 13.0. The van der Waals surface area contributed by atoms with Crippen molar-refractivity contribution >= 4 is 33.9 Å². The molecule has 1 aromatic carbocycles. The molecule has 0 aliphatic rings. The van der Waals surface area contributed by atoms with E-state index in [1.54, 1.807) is 0 Å². The Balaban J connectivity index is 1.91. The summed E-state index contributed by atoms with van der Waals surface area (Å²) in [5, 5.41) is 9.64. The molecular formula is C16H11N5OS. The molecule has 0 bridgehead atoms.